The molecule has 26 heavy (non-hydrogen) atoms. The largest absolute Gasteiger partial charge is 0.339 e. The van der Waals surface area contributed by atoms with Crippen molar-refractivity contribution in [3.63, 3.8) is 0 Å². The summed E-state index contributed by atoms with van der Waals surface area (Å²) in [5.74, 6) is 3.64. The number of hydrogen-bond donors (Lipinski definition) is 3. The Labute approximate surface area is 153 Å². The van der Waals surface area contributed by atoms with Crippen LogP contribution in [0.4, 0.5) is 4.79 Å². The summed E-state index contributed by atoms with van der Waals surface area (Å²) < 4.78 is 5.29. The van der Waals surface area contributed by atoms with E-state index in [1.54, 1.807) is 0 Å². The molecule has 0 saturated heterocycles. The lowest BCUT2D eigenvalue weighted by atomic mass is 9.53. The van der Waals surface area contributed by atoms with Crippen LogP contribution in [-0.4, -0.2) is 28.3 Å². The monoisotopic (exact) mass is 359 g/mol. The fraction of sp³-hybridized carbons (Fsp3) is 0.842. The minimum Gasteiger partial charge on any atom is -0.339 e. The molecule has 5 fully saturated rings. The fourth-order valence-corrected chi connectivity index (χ4v) is 6.17. The molecule has 4 N–H and O–H groups in total. The Morgan fingerprint density at radius 2 is 1.81 bits per heavy atom. The van der Waals surface area contributed by atoms with Gasteiger partial charge in [0, 0.05) is 18.5 Å². The SMILES string of the molecule is NC1(c2noc(CCNC(=O)NC34CC5CC(CC(C5)C3)C4)n2)CCC1. The molecule has 1 aromatic heterocycles. The summed E-state index contributed by atoms with van der Waals surface area (Å²) in [4.78, 5) is 16.8. The van der Waals surface area contributed by atoms with Gasteiger partial charge in [0.25, 0.3) is 0 Å². The highest BCUT2D eigenvalue weighted by molar-refractivity contribution is 5.74. The Bertz CT molecular complexity index is 661. The van der Waals surface area contributed by atoms with Gasteiger partial charge >= 0.3 is 6.03 Å². The highest BCUT2D eigenvalue weighted by atomic mass is 16.5. The molecule has 1 aromatic rings. The predicted octanol–water partition coefficient (Wildman–Crippen LogP) is 2.22. The van der Waals surface area contributed by atoms with E-state index in [9.17, 15) is 4.79 Å². The number of carbonyl (C=O) groups is 1. The first-order valence-corrected chi connectivity index (χ1v) is 10.2. The summed E-state index contributed by atoms with van der Waals surface area (Å²) in [5, 5.41) is 10.3. The first kappa shape index (κ1) is 16.5. The van der Waals surface area contributed by atoms with E-state index in [-0.39, 0.29) is 11.6 Å². The van der Waals surface area contributed by atoms with Crippen molar-refractivity contribution < 1.29 is 9.32 Å². The van der Waals surface area contributed by atoms with Gasteiger partial charge in [-0.15, -0.1) is 0 Å². The van der Waals surface area contributed by atoms with Gasteiger partial charge in [-0.1, -0.05) is 5.16 Å². The number of amides is 2. The van der Waals surface area contributed by atoms with Gasteiger partial charge in [-0.3, -0.25) is 0 Å². The maximum atomic E-state index is 12.4. The zero-order valence-electron chi connectivity index (χ0n) is 15.3. The summed E-state index contributed by atoms with van der Waals surface area (Å²) in [7, 11) is 0. The van der Waals surface area contributed by atoms with Crippen molar-refractivity contribution in [1.29, 1.82) is 0 Å². The zero-order chi connectivity index (χ0) is 17.8. The summed E-state index contributed by atoms with van der Waals surface area (Å²) in [5.41, 5.74) is 5.87. The van der Waals surface area contributed by atoms with Gasteiger partial charge in [-0.2, -0.15) is 4.98 Å². The van der Waals surface area contributed by atoms with Gasteiger partial charge in [0.15, 0.2) is 5.82 Å². The highest BCUT2D eigenvalue weighted by Crippen LogP contribution is 2.55. The van der Waals surface area contributed by atoms with Crippen LogP contribution in [0, 0.1) is 17.8 Å². The van der Waals surface area contributed by atoms with Crippen molar-refractivity contribution in [2.75, 3.05) is 6.54 Å². The number of nitrogens with zero attached hydrogens (tertiary/aromatic N) is 2. The average molecular weight is 359 g/mol. The second-order valence-electron chi connectivity index (χ2n) is 9.35. The lowest BCUT2D eigenvalue weighted by Crippen LogP contribution is -2.61. The molecule has 5 aliphatic rings. The van der Waals surface area contributed by atoms with Crippen molar-refractivity contribution in [2.45, 2.75) is 75.3 Å². The van der Waals surface area contributed by atoms with Gasteiger partial charge in [-0.25, -0.2) is 4.79 Å². The van der Waals surface area contributed by atoms with E-state index in [0.717, 1.165) is 37.0 Å². The quantitative estimate of drug-likeness (QED) is 0.747. The Hall–Kier alpha value is -1.63. The van der Waals surface area contributed by atoms with Gasteiger partial charge < -0.3 is 20.9 Å². The van der Waals surface area contributed by atoms with Crippen LogP contribution < -0.4 is 16.4 Å². The van der Waals surface area contributed by atoms with Crippen molar-refractivity contribution in [3.8, 4) is 0 Å². The van der Waals surface area contributed by atoms with E-state index in [4.69, 9.17) is 10.3 Å². The van der Waals surface area contributed by atoms with E-state index < -0.39 is 5.54 Å². The minimum atomic E-state index is -0.398. The molecule has 0 atom stereocenters. The third-order valence-corrected chi connectivity index (χ3v) is 7.20. The summed E-state index contributed by atoms with van der Waals surface area (Å²) >= 11 is 0. The molecular formula is C19H29N5O2. The first-order valence-electron chi connectivity index (χ1n) is 10.2. The molecule has 5 aliphatic carbocycles. The number of nitrogens with two attached hydrogens (primary N) is 1. The molecule has 0 radical (unpaired) electrons. The number of rotatable bonds is 5. The molecule has 1 heterocycles. The second-order valence-corrected chi connectivity index (χ2v) is 9.35. The molecule has 5 saturated carbocycles. The predicted molar refractivity (Wildman–Crippen MR) is 95.2 cm³/mol. The molecule has 4 bridgehead atoms. The van der Waals surface area contributed by atoms with E-state index >= 15 is 0 Å². The molecule has 0 aliphatic heterocycles. The Balaban J connectivity index is 1.12. The lowest BCUT2D eigenvalue weighted by molar-refractivity contribution is -0.0135. The highest BCUT2D eigenvalue weighted by Gasteiger charge is 2.51. The Kier molecular flexibility index (Phi) is 3.78. The average Bonchev–Trinajstić information content (AvgIpc) is 3.00. The maximum Gasteiger partial charge on any atom is 0.315 e. The number of aromatic nitrogens is 2. The lowest BCUT2D eigenvalue weighted by Gasteiger charge is -2.56. The molecule has 142 valence electrons. The van der Waals surface area contributed by atoms with Crippen LogP contribution in [0.3, 0.4) is 0 Å². The molecule has 0 aromatic carbocycles. The molecule has 0 spiro atoms. The van der Waals surface area contributed by atoms with Crippen LogP contribution in [-0.2, 0) is 12.0 Å². The summed E-state index contributed by atoms with van der Waals surface area (Å²) in [6, 6.07) is -0.0547. The minimum absolute atomic E-state index is 0.0483. The van der Waals surface area contributed by atoms with Crippen LogP contribution in [0.1, 0.15) is 69.5 Å². The van der Waals surface area contributed by atoms with E-state index in [1.807, 2.05) is 0 Å². The van der Waals surface area contributed by atoms with Crippen molar-refractivity contribution in [1.82, 2.24) is 20.8 Å². The Morgan fingerprint density at radius 1 is 1.15 bits per heavy atom. The van der Waals surface area contributed by atoms with Gasteiger partial charge in [0.1, 0.15) is 0 Å². The third kappa shape index (κ3) is 2.90. The van der Waals surface area contributed by atoms with Crippen LogP contribution in [0.5, 0.6) is 0 Å². The van der Waals surface area contributed by atoms with Gasteiger partial charge in [0.05, 0.1) is 5.54 Å². The smallest absolute Gasteiger partial charge is 0.315 e. The molecule has 2 amide bonds. The van der Waals surface area contributed by atoms with Crippen LogP contribution in [0.25, 0.3) is 0 Å². The molecule has 7 nitrogen and oxygen atoms in total. The topological polar surface area (TPSA) is 106 Å². The van der Waals surface area contributed by atoms with E-state index in [1.165, 1.54) is 38.5 Å². The van der Waals surface area contributed by atoms with Gasteiger partial charge in [-0.05, 0) is 75.5 Å². The number of carbonyl (C=O) groups excluding carboxylic acids is 1. The molecule has 7 heteroatoms. The zero-order valence-corrected chi connectivity index (χ0v) is 15.3. The fourth-order valence-electron chi connectivity index (χ4n) is 6.17. The molecular weight excluding hydrogens is 330 g/mol. The number of hydrogen-bond acceptors (Lipinski definition) is 5. The number of urea groups is 1. The van der Waals surface area contributed by atoms with Crippen LogP contribution in [0.15, 0.2) is 4.52 Å². The van der Waals surface area contributed by atoms with Crippen molar-refractivity contribution >= 4 is 6.03 Å². The molecule has 0 unspecified atom stereocenters. The standard InChI is InChI=1S/C19H29N5O2/c20-19(3-1-4-19)16-22-15(26-24-16)2-5-21-17(25)23-18-9-12-6-13(10-18)8-14(7-12)11-18/h12-14H,1-11,20H2,(H2,21,23,25). The summed E-state index contributed by atoms with van der Waals surface area (Å²) in [6.45, 7) is 0.497. The van der Waals surface area contributed by atoms with Crippen molar-refractivity contribution in [3.05, 3.63) is 11.7 Å². The first-order chi connectivity index (χ1) is 12.5. The van der Waals surface area contributed by atoms with Crippen molar-refractivity contribution in [2.24, 2.45) is 23.5 Å². The third-order valence-electron chi connectivity index (χ3n) is 7.20. The second kappa shape index (κ2) is 5.94. The maximum absolute atomic E-state index is 12.4. The van der Waals surface area contributed by atoms with E-state index in [2.05, 4.69) is 20.8 Å². The number of nitrogens with one attached hydrogen (secondary N) is 2. The normalized spacial score (nSPS) is 36.6. The van der Waals surface area contributed by atoms with Crippen LogP contribution in [0.2, 0.25) is 0 Å². The summed E-state index contributed by atoms with van der Waals surface area (Å²) in [6.07, 6.45) is 11.1. The van der Waals surface area contributed by atoms with Gasteiger partial charge in [0.2, 0.25) is 5.89 Å². The molecule has 6 rings (SSSR count). The van der Waals surface area contributed by atoms with E-state index in [0.29, 0.717) is 24.7 Å². The van der Waals surface area contributed by atoms with Crippen LogP contribution >= 0.6 is 0 Å². The Morgan fingerprint density at radius 3 is 2.38 bits per heavy atom.